The number of hydrogen-bond donors (Lipinski definition) is 0. The molecule has 0 amide bonds. The topological polar surface area (TPSA) is 78.1 Å². The van der Waals surface area contributed by atoms with E-state index in [1.165, 1.54) is 0 Å². The molecule has 0 saturated carbocycles. The Morgan fingerprint density at radius 1 is 0.611 bits per heavy atom. The molecule has 0 unspecified atom stereocenters. The van der Waals surface area contributed by atoms with Crippen molar-refractivity contribution in [2.75, 3.05) is 0 Å². The van der Waals surface area contributed by atoms with E-state index < -0.39 is 0 Å². The Hall–Kier alpha value is -2.37. The van der Waals surface area contributed by atoms with Gasteiger partial charge >= 0.3 is 0 Å². The van der Waals surface area contributed by atoms with Gasteiger partial charge in [0.25, 0.3) is 0 Å². The van der Waals surface area contributed by atoms with Gasteiger partial charge in [0.2, 0.25) is 0 Å². The van der Waals surface area contributed by atoms with Crippen LogP contribution in [0, 0.1) is 0 Å². The van der Waals surface area contributed by atoms with Crippen molar-refractivity contribution in [3.63, 3.8) is 0 Å². The van der Waals surface area contributed by atoms with Crippen LogP contribution in [0.2, 0.25) is 0 Å². The van der Waals surface area contributed by atoms with Crippen LogP contribution < -0.4 is 0 Å². The fraction of sp³-hybridized carbons (Fsp3) is 0.700. The maximum absolute atomic E-state index is 4.95. The van der Waals surface area contributed by atoms with Gasteiger partial charge in [-0.3, -0.25) is 0 Å². The Morgan fingerprint density at radius 3 is 1.28 bits per heavy atom. The van der Waals surface area contributed by atoms with E-state index in [9.17, 15) is 0 Å². The summed E-state index contributed by atoms with van der Waals surface area (Å²) in [6.07, 6.45) is 6.70. The minimum absolute atomic E-state index is 0. The van der Waals surface area contributed by atoms with E-state index in [-0.39, 0.29) is 38.5 Å². The Morgan fingerprint density at radius 2 is 1.11 bits per heavy atom. The van der Waals surface area contributed by atoms with Gasteiger partial charge in [-0.25, -0.2) is 0 Å². The van der Waals surface area contributed by atoms with Gasteiger partial charge in [0.1, 0.15) is 18.3 Å². The molecule has 3 aromatic rings. The average Bonchev–Trinajstić information content (AvgIpc) is 3.55. The normalized spacial score (nSPS) is 9.42. The lowest BCUT2D eigenvalue weighted by molar-refractivity contribution is 0.329. The number of aromatic nitrogens is 3. The lowest BCUT2D eigenvalue weighted by Crippen LogP contribution is -2.10. The Balaban J connectivity index is -0.0000000816. The summed E-state index contributed by atoms with van der Waals surface area (Å²) >= 11 is 0. The predicted octanol–water partition coefficient (Wildman–Crippen LogP) is 10.9. The van der Waals surface area contributed by atoms with Crippen molar-refractivity contribution in [3.05, 3.63) is 54.1 Å². The van der Waals surface area contributed by atoms with Gasteiger partial charge in [-0.2, -0.15) is 0 Å². The molecule has 0 aliphatic rings. The monoisotopic (exact) mass is 513 g/mol. The SMILES string of the molecule is C.C.C.CC.CC.CC.CC(C)(C)c1ccno1.CC(C)(C)c1ccon1.CC(C)(C)c1cnoc1. The lowest BCUT2D eigenvalue weighted by atomic mass is 9.90. The lowest BCUT2D eigenvalue weighted by Gasteiger charge is -2.13. The fourth-order valence-corrected chi connectivity index (χ4v) is 1.78. The van der Waals surface area contributed by atoms with Gasteiger partial charge in [-0.15, -0.1) is 0 Å². The van der Waals surface area contributed by atoms with Crippen LogP contribution in [0.25, 0.3) is 0 Å². The van der Waals surface area contributed by atoms with Crippen LogP contribution in [0.4, 0.5) is 0 Å². The van der Waals surface area contributed by atoms with E-state index in [1.54, 1.807) is 24.9 Å². The fourth-order valence-electron chi connectivity index (χ4n) is 1.78. The van der Waals surface area contributed by atoms with Crippen LogP contribution in [0.5, 0.6) is 0 Å². The Bertz CT molecular complexity index is 622. The molecule has 0 bridgehead atoms. The van der Waals surface area contributed by atoms with Crippen molar-refractivity contribution in [3.8, 4) is 0 Å². The van der Waals surface area contributed by atoms with Crippen LogP contribution in [-0.4, -0.2) is 15.5 Å². The van der Waals surface area contributed by atoms with Crippen LogP contribution in [0.1, 0.15) is 143 Å². The summed E-state index contributed by atoms with van der Waals surface area (Å²) in [5, 5.41) is 11.0. The molecule has 216 valence electrons. The molecule has 0 radical (unpaired) electrons. The Kier molecular flexibility index (Phi) is 31.7. The number of rotatable bonds is 0. The predicted molar refractivity (Wildman–Crippen MR) is 160 cm³/mol. The average molecular weight is 514 g/mol. The zero-order valence-electron chi connectivity index (χ0n) is 24.0. The maximum Gasteiger partial charge on any atom is 0.142 e. The highest BCUT2D eigenvalue weighted by molar-refractivity contribution is 5.12. The molecule has 0 aliphatic heterocycles. The highest BCUT2D eigenvalue weighted by Crippen LogP contribution is 2.21. The van der Waals surface area contributed by atoms with Crippen molar-refractivity contribution >= 4 is 0 Å². The van der Waals surface area contributed by atoms with Gasteiger partial charge in [0.15, 0.2) is 0 Å². The smallest absolute Gasteiger partial charge is 0.142 e. The van der Waals surface area contributed by atoms with Crippen LogP contribution in [0.15, 0.2) is 50.6 Å². The van der Waals surface area contributed by atoms with Gasteiger partial charge in [0.05, 0.1) is 18.1 Å². The standard InChI is InChI=1S/3C7H11NO.3C2H6.3CH4/c1-7(2,3)6-4-8-9-5-6;1-7(2,3)6-4-5-9-8-6;1-7(2,3)6-4-5-8-9-6;3*1-2;;;/h3*4-5H,1-3H3;3*1-2H3;3*1H4. The molecule has 0 saturated heterocycles. The van der Waals surface area contributed by atoms with E-state index in [0.29, 0.717) is 0 Å². The molecule has 0 aromatic carbocycles. The first-order valence-electron chi connectivity index (χ1n) is 12.0. The molecule has 0 fully saturated rings. The largest absolute Gasteiger partial charge is 0.364 e. The number of hydrogen-bond acceptors (Lipinski definition) is 6. The summed E-state index contributed by atoms with van der Waals surface area (Å²) in [4.78, 5) is 0. The molecular weight excluding hydrogens is 450 g/mol. The Labute approximate surface area is 225 Å². The highest BCUT2D eigenvalue weighted by Gasteiger charge is 2.17. The van der Waals surface area contributed by atoms with Crippen LogP contribution >= 0.6 is 0 Å². The van der Waals surface area contributed by atoms with Gasteiger partial charge in [0, 0.05) is 28.5 Å². The van der Waals surface area contributed by atoms with Crippen molar-refractivity contribution in [1.82, 2.24) is 15.5 Å². The van der Waals surface area contributed by atoms with E-state index in [1.807, 2.05) is 53.7 Å². The van der Waals surface area contributed by atoms with Crippen molar-refractivity contribution in [1.29, 1.82) is 0 Å². The van der Waals surface area contributed by atoms with Crippen LogP contribution in [-0.2, 0) is 16.2 Å². The summed E-state index contributed by atoms with van der Waals surface area (Å²) in [5.74, 6) is 0.933. The quantitative estimate of drug-likeness (QED) is 0.297. The van der Waals surface area contributed by atoms with Crippen molar-refractivity contribution < 1.29 is 13.6 Å². The first-order chi connectivity index (χ1) is 15.3. The third-order valence-corrected chi connectivity index (χ3v) is 3.68. The summed E-state index contributed by atoms with van der Waals surface area (Å²) < 4.78 is 14.3. The maximum atomic E-state index is 4.95. The van der Waals surface area contributed by atoms with E-state index in [4.69, 9.17) is 13.6 Å². The van der Waals surface area contributed by atoms with E-state index in [0.717, 1.165) is 17.0 Å². The summed E-state index contributed by atoms with van der Waals surface area (Å²) in [6.45, 7) is 31.0. The second kappa shape index (κ2) is 24.3. The molecule has 36 heavy (non-hydrogen) atoms. The zero-order chi connectivity index (χ0) is 26.7. The second-order valence-corrected chi connectivity index (χ2v) is 9.42. The van der Waals surface area contributed by atoms with Crippen LogP contribution in [0.3, 0.4) is 0 Å². The van der Waals surface area contributed by atoms with Gasteiger partial charge in [-0.05, 0) is 5.41 Å². The molecule has 3 heterocycles. The molecule has 0 aliphatic carbocycles. The minimum atomic E-state index is 0. The molecule has 3 aromatic heterocycles. The first kappa shape index (κ1) is 46.9. The zero-order valence-corrected chi connectivity index (χ0v) is 24.0. The third kappa shape index (κ3) is 22.1. The number of nitrogens with zero attached hydrogens (tertiary/aromatic N) is 3. The van der Waals surface area contributed by atoms with Crippen molar-refractivity contribution in [2.24, 2.45) is 0 Å². The summed E-state index contributed by atoms with van der Waals surface area (Å²) in [5.41, 5.74) is 2.52. The minimum Gasteiger partial charge on any atom is -0.364 e. The molecular formula is C30H63N3O3. The second-order valence-electron chi connectivity index (χ2n) is 9.42. The summed E-state index contributed by atoms with van der Waals surface area (Å²) in [6, 6.07) is 3.78. The molecule has 0 N–H and O–H groups in total. The molecule has 6 nitrogen and oxygen atoms in total. The van der Waals surface area contributed by atoms with E-state index in [2.05, 4.69) is 77.8 Å². The van der Waals surface area contributed by atoms with E-state index >= 15 is 0 Å². The van der Waals surface area contributed by atoms with Gasteiger partial charge in [-0.1, -0.05) is 142 Å². The molecule has 0 atom stereocenters. The molecule has 3 rings (SSSR count). The first-order valence-corrected chi connectivity index (χ1v) is 12.0. The third-order valence-electron chi connectivity index (χ3n) is 3.68. The molecule has 0 spiro atoms. The summed E-state index contributed by atoms with van der Waals surface area (Å²) in [7, 11) is 0. The van der Waals surface area contributed by atoms with Crippen molar-refractivity contribution in [2.45, 2.75) is 142 Å². The molecule has 6 heteroatoms. The van der Waals surface area contributed by atoms with Gasteiger partial charge < -0.3 is 13.6 Å². The highest BCUT2D eigenvalue weighted by atomic mass is 16.5.